The van der Waals surface area contributed by atoms with Crippen LogP contribution in [0.5, 0.6) is 0 Å². The molecule has 0 spiro atoms. The van der Waals surface area contributed by atoms with Gasteiger partial charge in [-0.1, -0.05) is 67.8 Å². The van der Waals surface area contributed by atoms with E-state index in [0.29, 0.717) is 0 Å². The van der Waals surface area contributed by atoms with Gasteiger partial charge in [0.25, 0.3) is 5.97 Å². The fourth-order valence-corrected chi connectivity index (χ4v) is 0. The Morgan fingerprint density at radius 1 is 1.20 bits per heavy atom. The Labute approximate surface area is 162 Å². The molecule has 0 saturated carbocycles. The zero-order chi connectivity index (χ0) is 12.7. The van der Waals surface area contributed by atoms with Crippen LogP contribution in [-0.2, 0) is 28.1 Å². The van der Waals surface area contributed by atoms with Crippen molar-refractivity contribution in [3.8, 4) is 0 Å². The molecule has 0 aliphatic heterocycles. The summed E-state index contributed by atoms with van der Waals surface area (Å²) in [5.41, 5.74) is 0. The second-order valence-electron chi connectivity index (χ2n) is 1.24. The average molecular weight is 724 g/mol. The summed E-state index contributed by atoms with van der Waals surface area (Å²) in [5.74, 6) is -0.833. The normalized spacial score (nSPS) is 6.20. The maximum Gasteiger partial charge on any atom is 0.300 e. The van der Waals surface area contributed by atoms with Gasteiger partial charge in [0.2, 0.25) is 5.24 Å². The average Bonchev–Trinajstić information content (AvgIpc) is 1.86. The molecule has 93 valence electrons. The van der Waals surface area contributed by atoms with Gasteiger partial charge >= 0.3 is 0 Å². The van der Waals surface area contributed by atoms with Gasteiger partial charge < -0.3 is 27.7 Å². The van der Waals surface area contributed by atoms with Gasteiger partial charge in [-0.3, -0.25) is 14.5 Å². The minimum atomic E-state index is -0.833. The predicted molar refractivity (Wildman–Crippen MR) is 95.1 cm³/mol. The molecule has 0 bridgehead atoms. The van der Waals surface area contributed by atoms with Crippen LogP contribution in [0.25, 0.3) is 0 Å². The number of hydrogen-bond acceptors (Lipinski definition) is 2. The van der Waals surface area contributed by atoms with Gasteiger partial charge in [-0.25, -0.2) is 0 Å². The molecule has 0 unspecified atom stereocenters. The zero-order valence-corrected chi connectivity index (χ0v) is 18.7. The first-order chi connectivity index (χ1) is 6.20. The van der Waals surface area contributed by atoms with E-state index < -0.39 is 5.97 Å². The molecule has 0 fully saturated rings. The van der Waals surface area contributed by atoms with Crippen LogP contribution >= 0.6 is 102 Å². The molecule has 0 atom stereocenters. The first-order valence-electron chi connectivity index (χ1n) is 2.74. The Kier molecular flexibility index (Phi) is 61.9. The maximum atomic E-state index is 9.21. The van der Waals surface area contributed by atoms with Crippen LogP contribution in [0.4, 0.5) is 0 Å². The summed E-state index contributed by atoms with van der Waals surface area (Å²) in [4.78, 5) is 21.4. The molecular formula is C6H10ClI4O3V-. The van der Waals surface area contributed by atoms with Gasteiger partial charge in [0.1, 0.15) is -0.0619 Å². The first kappa shape index (κ1) is 30.7. The summed E-state index contributed by atoms with van der Waals surface area (Å²) < 4.78 is 0.743. The standard InChI is InChI=1S/C2H3ClO.C2H4O2.CHI3.CH2I.V/c2*1-2(3)4;2-1(3)4;1-2;/h1H3;1H3,(H,3,4);1H;1H2;/q;;;-1;. The molecule has 0 aliphatic carbocycles. The van der Waals surface area contributed by atoms with E-state index in [4.69, 9.17) is 9.90 Å². The fourth-order valence-electron chi connectivity index (χ4n) is 0. The molecule has 15 heavy (non-hydrogen) atoms. The third-order valence-corrected chi connectivity index (χ3v) is 0. The van der Waals surface area contributed by atoms with Crippen LogP contribution in [0.1, 0.15) is 13.8 Å². The molecule has 0 amide bonds. The Bertz CT molecular complexity index is 115. The number of carbonyl (C=O) groups is 2. The third kappa shape index (κ3) is 439. The number of carboxylic acid groups (broad SMARTS) is 1. The van der Waals surface area contributed by atoms with Gasteiger partial charge in [0, 0.05) is 32.4 Å². The van der Waals surface area contributed by atoms with Crippen molar-refractivity contribution in [2.75, 3.05) is 0 Å². The molecule has 0 aromatic heterocycles. The van der Waals surface area contributed by atoms with Crippen LogP contribution < -0.4 is 0 Å². The molecule has 0 aliphatic rings. The third-order valence-electron chi connectivity index (χ3n) is 0. The van der Waals surface area contributed by atoms with Crippen molar-refractivity contribution in [1.29, 1.82) is 0 Å². The van der Waals surface area contributed by atoms with Gasteiger partial charge in [-0.05, 0) is 11.6 Å². The summed E-state index contributed by atoms with van der Waals surface area (Å²) in [6.45, 7) is 2.38. The van der Waals surface area contributed by atoms with Gasteiger partial charge in [-0.2, -0.15) is 0 Å². The van der Waals surface area contributed by atoms with Gasteiger partial charge in [0.05, 0.1) is 0 Å². The molecule has 3 nitrogen and oxygen atoms in total. The minimum absolute atomic E-state index is 0. The fraction of sp³-hybridized carbons (Fsp3) is 0.500. The number of rotatable bonds is 0. The molecule has 0 saturated heterocycles. The van der Waals surface area contributed by atoms with Crippen LogP contribution in [-0.4, -0.2) is 16.3 Å². The van der Waals surface area contributed by atoms with Crippen molar-refractivity contribution in [1.82, 2.24) is 0 Å². The van der Waals surface area contributed by atoms with E-state index in [2.05, 4.69) is 84.3 Å². The van der Waals surface area contributed by atoms with Crippen molar-refractivity contribution in [3.63, 3.8) is 0 Å². The van der Waals surface area contributed by atoms with E-state index in [-0.39, 0.29) is 23.8 Å². The second-order valence-corrected chi connectivity index (χ2v) is 12.7. The smallest absolute Gasteiger partial charge is 0.300 e. The molecule has 9 heteroatoms. The number of carboxylic acids is 1. The van der Waals surface area contributed by atoms with Crippen LogP contribution in [0.2, 0.25) is 0 Å². The Morgan fingerprint density at radius 3 is 1.20 bits per heavy atom. The summed E-state index contributed by atoms with van der Waals surface area (Å²) in [5, 5.41) is 7.06. The Morgan fingerprint density at radius 2 is 1.20 bits per heavy atom. The summed E-state index contributed by atoms with van der Waals surface area (Å²) in [7, 11) is 0. The molecule has 0 rings (SSSR count). The number of aliphatic carboxylic acids is 1. The van der Waals surface area contributed by atoms with Crippen LogP contribution in [0, 0.1) is 4.93 Å². The van der Waals surface area contributed by atoms with Crippen molar-refractivity contribution in [3.05, 3.63) is 4.93 Å². The van der Waals surface area contributed by atoms with Crippen molar-refractivity contribution >= 4 is 113 Å². The number of hydrogen-bond donors (Lipinski definition) is 1. The van der Waals surface area contributed by atoms with E-state index in [1.807, 2.05) is 22.6 Å². The summed E-state index contributed by atoms with van der Waals surface area (Å²) in [6, 6.07) is 0. The molecule has 0 heterocycles. The monoisotopic (exact) mass is 724 g/mol. The van der Waals surface area contributed by atoms with E-state index in [1.54, 1.807) is 0 Å². The van der Waals surface area contributed by atoms with Gasteiger partial charge in [0.15, 0.2) is 0 Å². The Hall–Kier alpha value is 2.93. The maximum absolute atomic E-state index is 9.21. The number of alkyl halides is 3. The first-order valence-corrected chi connectivity index (χ1v) is 8.38. The number of halogens is 5. The molecule has 0 aromatic carbocycles. The van der Waals surface area contributed by atoms with Crippen LogP contribution in [0.15, 0.2) is 0 Å². The quantitative estimate of drug-likeness (QED) is 0.172. The Balaban J connectivity index is -0.0000000298. The minimum Gasteiger partial charge on any atom is -0.481 e. The zero-order valence-electron chi connectivity index (χ0n) is 7.89. The predicted octanol–water partition coefficient (Wildman–Crippen LogP) is 4.65. The van der Waals surface area contributed by atoms with Crippen LogP contribution in [0.3, 0.4) is 0 Å². The number of carbonyl (C=O) groups excluding carboxylic acids is 1. The summed E-state index contributed by atoms with van der Waals surface area (Å²) >= 11 is 13.5. The van der Waals surface area contributed by atoms with E-state index in [9.17, 15) is 4.79 Å². The summed E-state index contributed by atoms with van der Waals surface area (Å²) in [6.07, 6.45) is 0. The van der Waals surface area contributed by atoms with E-state index in [1.165, 1.54) is 6.92 Å². The topological polar surface area (TPSA) is 54.4 Å². The van der Waals surface area contributed by atoms with Crippen molar-refractivity contribution < 1.29 is 33.3 Å². The van der Waals surface area contributed by atoms with E-state index >= 15 is 0 Å². The molecule has 1 N–H and O–H groups in total. The largest absolute Gasteiger partial charge is 0.481 e. The SMILES string of the molecule is CC(=O)Cl.CC(=O)O.IC(I)I.[CH2-]I.[V]. The molecule has 0 aromatic rings. The van der Waals surface area contributed by atoms with E-state index in [0.717, 1.165) is 6.86 Å². The van der Waals surface area contributed by atoms with Gasteiger partial charge in [-0.15, -0.1) is 0 Å². The van der Waals surface area contributed by atoms with Crippen molar-refractivity contribution in [2.24, 2.45) is 0 Å². The second kappa shape index (κ2) is 30.2. The molecular weight excluding hydrogens is 714 g/mol. The molecule has 1 radical (unpaired) electrons. The van der Waals surface area contributed by atoms with Crippen molar-refractivity contribution in [2.45, 2.75) is 13.8 Å².